The average Bonchev–Trinajstić information content (AvgIpc) is 2.03. The third-order valence-electron chi connectivity index (χ3n) is 1.45. The molecule has 0 aromatic carbocycles. The Balaban J connectivity index is 2.79. The lowest BCUT2D eigenvalue weighted by Gasteiger charge is -2.11. The van der Waals surface area contributed by atoms with Crippen molar-refractivity contribution in [3.05, 3.63) is 24.0 Å². The molecule has 7 heteroatoms. The van der Waals surface area contributed by atoms with E-state index in [4.69, 9.17) is 0 Å². The van der Waals surface area contributed by atoms with E-state index in [0.717, 1.165) is 0 Å². The van der Waals surface area contributed by atoms with Crippen LogP contribution in [0.2, 0.25) is 0 Å². The van der Waals surface area contributed by atoms with Gasteiger partial charge in [-0.25, -0.2) is 0 Å². The molecule has 0 saturated heterocycles. The fourth-order valence-corrected chi connectivity index (χ4v) is 1.30. The lowest BCUT2D eigenvalue weighted by atomic mass is 10.2. The first kappa shape index (κ1) is 11.1. The van der Waals surface area contributed by atoms with Crippen molar-refractivity contribution in [2.45, 2.75) is 18.3 Å². The summed E-state index contributed by atoms with van der Waals surface area (Å²) in [7, 11) is -5.52. The maximum Gasteiger partial charge on any atom is 0.534 e. The molecule has 0 heterocycles. The van der Waals surface area contributed by atoms with Crippen molar-refractivity contribution >= 4 is 10.1 Å². The molecule has 0 N–H and O–H groups in total. The molecule has 0 radical (unpaired) electrons. The summed E-state index contributed by atoms with van der Waals surface area (Å²) in [6, 6.07) is 0. The second-order valence-corrected chi connectivity index (χ2v) is 4.11. The molecule has 0 saturated carbocycles. The van der Waals surface area contributed by atoms with Crippen LogP contribution in [0.3, 0.4) is 0 Å². The van der Waals surface area contributed by atoms with Gasteiger partial charge in [0.05, 0.1) is 0 Å². The molecule has 0 amide bonds. The third-order valence-corrected chi connectivity index (χ3v) is 2.43. The summed E-state index contributed by atoms with van der Waals surface area (Å²) in [6.45, 7) is 0. The van der Waals surface area contributed by atoms with E-state index in [-0.39, 0.29) is 5.76 Å². The Morgan fingerprint density at radius 3 is 2.36 bits per heavy atom. The molecule has 0 fully saturated rings. The zero-order valence-electron chi connectivity index (χ0n) is 6.91. The lowest BCUT2D eigenvalue weighted by molar-refractivity contribution is -0.0520. The Labute approximate surface area is 79.0 Å². The molecule has 14 heavy (non-hydrogen) atoms. The topological polar surface area (TPSA) is 43.4 Å². The van der Waals surface area contributed by atoms with Gasteiger partial charge in [-0.05, 0) is 25.0 Å². The second kappa shape index (κ2) is 3.64. The zero-order chi connectivity index (χ0) is 10.8. The number of halogens is 3. The Morgan fingerprint density at radius 1 is 1.29 bits per heavy atom. The van der Waals surface area contributed by atoms with Gasteiger partial charge in [0.25, 0.3) is 0 Å². The van der Waals surface area contributed by atoms with Gasteiger partial charge < -0.3 is 4.18 Å². The predicted molar refractivity (Wildman–Crippen MR) is 42.5 cm³/mol. The molecule has 0 aromatic rings. The second-order valence-electron chi connectivity index (χ2n) is 2.57. The molecule has 0 spiro atoms. The van der Waals surface area contributed by atoms with E-state index in [0.29, 0.717) is 12.8 Å². The summed E-state index contributed by atoms with van der Waals surface area (Å²) >= 11 is 0. The van der Waals surface area contributed by atoms with Crippen molar-refractivity contribution in [2.75, 3.05) is 0 Å². The summed E-state index contributed by atoms with van der Waals surface area (Å²) < 4.78 is 60.3. The summed E-state index contributed by atoms with van der Waals surface area (Å²) in [4.78, 5) is 0. The molecule has 80 valence electrons. The Bertz CT molecular complexity index is 364. The van der Waals surface area contributed by atoms with Crippen molar-refractivity contribution in [3.63, 3.8) is 0 Å². The fraction of sp³-hybridized carbons (Fsp3) is 0.429. The van der Waals surface area contributed by atoms with Crippen LogP contribution in [-0.4, -0.2) is 13.9 Å². The van der Waals surface area contributed by atoms with Gasteiger partial charge in [-0.2, -0.15) is 21.6 Å². The van der Waals surface area contributed by atoms with E-state index < -0.39 is 15.6 Å². The SMILES string of the molecule is O=S(=O)(OC1=CCCC=C1)C(F)(F)F. The lowest BCUT2D eigenvalue weighted by Crippen LogP contribution is -2.25. The molecular formula is C7H7F3O3S. The molecular weight excluding hydrogens is 221 g/mol. The van der Waals surface area contributed by atoms with Crippen LogP contribution in [0.1, 0.15) is 12.8 Å². The first-order valence-electron chi connectivity index (χ1n) is 3.70. The highest BCUT2D eigenvalue weighted by molar-refractivity contribution is 7.87. The number of hydrogen-bond donors (Lipinski definition) is 0. The van der Waals surface area contributed by atoms with Crippen LogP contribution in [0, 0.1) is 0 Å². The highest BCUT2D eigenvalue weighted by Crippen LogP contribution is 2.27. The van der Waals surface area contributed by atoms with E-state index in [1.54, 1.807) is 6.08 Å². The van der Waals surface area contributed by atoms with Crippen LogP contribution in [0.25, 0.3) is 0 Å². The molecule has 0 atom stereocenters. The maximum atomic E-state index is 11.8. The largest absolute Gasteiger partial charge is 0.534 e. The van der Waals surface area contributed by atoms with Gasteiger partial charge in [0, 0.05) is 0 Å². The highest BCUT2D eigenvalue weighted by atomic mass is 32.2. The summed E-state index contributed by atoms with van der Waals surface area (Å²) in [5.41, 5.74) is -5.38. The molecule has 1 aliphatic rings. The van der Waals surface area contributed by atoms with Gasteiger partial charge >= 0.3 is 15.6 Å². The van der Waals surface area contributed by atoms with E-state index in [2.05, 4.69) is 4.18 Å². The number of allylic oxidation sites excluding steroid dienone is 3. The highest BCUT2D eigenvalue weighted by Gasteiger charge is 2.48. The van der Waals surface area contributed by atoms with Crippen molar-refractivity contribution in [1.29, 1.82) is 0 Å². The van der Waals surface area contributed by atoms with E-state index >= 15 is 0 Å². The van der Waals surface area contributed by atoms with Crippen LogP contribution >= 0.6 is 0 Å². The van der Waals surface area contributed by atoms with E-state index in [1.165, 1.54) is 12.2 Å². The van der Waals surface area contributed by atoms with Crippen LogP contribution in [0.5, 0.6) is 0 Å². The molecule has 0 aliphatic heterocycles. The maximum absolute atomic E-state index is 11.8. The Hall–Kier alpha value is -0.980. The van der Waals surface area contributed by atoms with Crippen molar-refractivity contribution in [3.8, 4) is 0 Å². The summed E-state index contributed by atoms with van der Waals surface area (Å²) in [6.07, 6.45) is 5.18. The quantitative estimate of drug-likeness (QED) is 0.537. The van der Waals surface area contributed by atoms with E-state index in [1.807, 2.05) is 0 Å². The summed E-state index contributed by atoms with van der Waals surface area (Å²) in [5, 5.41) is 0. The van der Waals surface area contributed by atoms with Crippen molar-refractivity contribution in [1.82, 2.24) is 0 Å². The van der Waals surface area contributed by atoms with Gasteiger partial charge in [0.2, 0.25) is 0 Å². The fourth-order valence-electron chi connectivity index (χ4n) is 0.825. The Kier molecular flexibility index (Phi) is 2.89. The molecule has 0 aromatic heterocycles. The minimum Gasteiger partial charge on any atom is -0.376 e. The number of hydrogen-bond acceptors (Lipinski definition) is 3. The normalized spacial score (nSPS) is 17.8. The third kappa shape index (κ3) is 2.50. The summed E-state index contributed by atoms with van der Waals surface area (Å²) in [5.74, 6) is -0.284. The first-order valence-corrected chi connectivity index (χ1v) is 5.11. The van der Waals surface area contributed by atoms with Gasteiger partial charge in [-0.15, -0.1) is 0 Å². The first-order chi connectivity index (χ1) is 6.33. The zero-order valence-corrected chi connectivity index (χ0v) is 7.73. The monoisotopic (exact) mass is 228 g/mol. The number of alkyl halides is 3. The molecule has 3 nitrogen and oxygen atoms in total. The number of rotatable bonds is 2. The van der Waals surface area contributed by atoms with Crippen molar-refractivity contribution in [2.24, 2.45) is 0 Å². The molecule has 0 bridgehead atoms. The van der Waals surface area contributed by atoms with Crippen LogP contribution < -0.4 is 0 Å². The van der Waals surface area contributed by atoms with E-state index in [9.17, 15) is 21.6 Å². The van der Waals surface area contributed by atoms with Crippen molar-refractivity contribution < 1.29 is 25.8 Å². The van der Waals surface area contributed by atoms with Gasteiger partial charge in [-0.1, -0.05) is 6.08 Å². The van der Waals surface area contributed by atoms with Crippen LogP contribution in [0.4, 0.5) is 13.2 Å². The van der Waals surface area contributed by atoms with Gasteiger partial charge in [-0.3, -0.25) is 0 Å². The van der Waals surface area contributed by atoms with Gasteiger partial charge in [0.15, 0.2) is 0 Å². The van der Waals surface area contributed by atoms with Crippen LogP contribution in [-0.2, 0) is 14.3 Å². The molecule has 1 rings (SSSR count). The van der Waals surface area contributed by atoms with Crippen LogP contribution in [0.15, 0.2) is 24.0 Å². The minimum absolute atomic E-state index is 0.284. The predicted octanol–water partition coefficient (Wildman–Crippen LogP) is 2.09. The Morgan fingerprint density at radius 2 is 1.93 bits per heavy atom. The molecule has 0 unspecified atom stereocenters. The smallest absolute Gasteiger partial charge is 0.376 e. The van der Waals surface area contributed by atoms with Gasteiger partial charge in [0.1, 0.15) is 5.76 Å². The standard InChI is InChI=1S/C7H7F3O3S/c8-7(9,10)14(11,12)13-6-4-2-1-3-5-6/h2,4-5H,1,3H2. The minimum atomic E-state index is -5.52. The molecule has 1 aliphatic carbocycles. The average molecular weight is 228 g/mol.